The molecule has 0 spiro atoms. The minimum absolute atomic E-state index is 0.0644. The second-order valence-corrected chi connectivity index (χ2v) is 9.48. The molecule has 3 aliphatic heterocycles. The molecule has 11 heteroatoms. The number of pyridine rings is 1. The van der Waals surface area contributed by atoms with Crippen LogP contribution in [-0.4, -0.2) is 112 Å². The topological polar surface area (TPSA) is 105 Å². The van der Waals surface area contributed by atoms with Gasteiger partial charge in [0.1, 0.15) is 5.52 Å². The van der Waals surface area contributed by atoms with Gasteiger partial charge in [-0.2, -0.15) is 5.10 Å². The highest BCUT2D eigenvalue weighted by Crippen LogP contribution is 2.30. The number of anilines is 1. The quantitative estimate of drug-likeness (QED) is 0.593. The van der Waals surface area contributed by atoms with Crippen molar-refractivity contribution < 1.29 is 14.3 Å². The number of aromatic amines is 1. The largest absolute Gasteiger partial charge is 0.381 e. The highest BCUT2D eigenvalue weighted by Gasteiger charge is 2.29. The third-order valence-electron chi connectivity index (χ3n) is 7.30. The minimum Gasteiger partial charge on any atom is -0.381 e. The smallest absolute Gasteiger partial charge is 0.289 e. The molecule has 0 aliphatic carbocycles. The number of hydrogen-bond donors (Lipinski definition) is 1. The number of nitrogens with one attached hydrogen (secondary N) is 1. The molecule has 11 nitrogen and oxygen atoms in total. The van der Waals surface area contributed by atoms with Crippen molar-refractivity contribution in [2.45, 2.75) is 18.9 Å². The second kappa shape index (κ2) is 9.56. The van der Waals surface area contributed by atoms with Gasteiger partial charge in [0.2, 0.25) is 0 Å². The van der Waals surface area contributed by atoms with Crippen LogP contribution in [0.3, 0.4) is 0 Å². The normalized spacial score (nSPS) is 20.6. The Kier molecular flexibility index (Phi) is 6.13. The van der Waals surface area contributed by atoms with Crippen molar-refractivity contribution >= 4 is 22.8 Å². The summed E-state index contributed by atoms with van der Waals surface area (Å²) in [6, 6.07) is 2.62. The van der Waals surface area contributed by atoms with Gasteiger partial charge >= 0.3 is 0 Å². The van der Waals surface area contributed by atoms with Gasteiger partial charge in [0.25, 0.3) is 5.91 Å². The van der Waals surface area contributed by atoms with Crippen LogP contribution in [0.5, 0.6) is 0 Å². The maximum atomic E-state index is 13.4. The molecule has 6 rings (SSSR count). The van der Waals surface area contributed by atoms with E-state index in [4.69, 9.17) is 19.4 Å². The summed E-state index contributed by atoms with van der Waals surface area (Å²) in [5, 5.41) is 4.30. The lowest BCUT2D eigenvalue weighted by molar-refractivity contribution is 0.0135. The Morgan fingerprint density at radius 2 is 1.74 bits per heavy atom. The van der Waals surface area contributed by atoms with Crippen molar-refractivity contribution in [3.8, 4) is 11.3 Å². The van der Waals surface area contributed by atoms with Crippen molar-refractivity contribution in [2.75, 3.05) is 70.6 Å². The number of rotatable bonds is 4. The molecule has 0 aromatic carbocycles. The molecule has 3 aliphatic rings. The van der Waals surface area contributed by atoms with E-state index < -0.39 is 0 Å². The van der Waals surface area contributed by atoms with Crippen LogP contribution in [0.15, 0.2) is 18.5 Å². The Morgan fingerprint density at radius 1 is 1.00 bits per heavy atom. The molecule has 3 saturated heterocycles. The van der Waals surface area contributed by atoms with Crippen LogP contribution in [0.1, 0.15) is 23.5 Å². The number of aromatic nitrogens is 5. The number of morpholine rings is 1. The van der Waals surface area contributed by atoms with Gasteiger partial charge in [0.15, 0.2) is 11.5 Å². The van der Waals surface area contributed by atoms with E-state index in [-0.39, 0.29) is 5.91 Å². The fraction of sp³-hybridized carbons (Fsp3) is 0.583. The maximum Gasteiger partial charge on any atom is 0.289 e. The third-order valence-corrected chi connectivity index (χ3v) is 7.30. The third kappa shape index (κ3) is 4.51. The summed E-state index contributed by atoms with van der Waals surface area (Å²) in [6.45, 7) is 7.74. The number of ether oxygens (including phenoxy) is 2. The van der Waals surface area contributed by atoms with Gasteiger partial charge in [0, 0.05) is 77.3 Å². The van der Waals surface area contributed by atoms with Crippen LogP contribution in [0.25, 0.3) is 22.4 Å². The van der Waals surface area contributed by atoms with E-state index >= 15 is 0 Å². The molecule has 3 fully saturated rings. The first kappa shape index (κ1) is 22.4. The van der Waals surface area contributed by atoms with Crippen molar-refractivity contribution in [1.29, 1.82) is 0 Å². The van der Waals surface area contributed by atoms with Crippen LogP contribution in [0.4, 0.5) is 5.69 Å². The van der Waals surface area contributed by atoms with Gasteiger partial charge in [-0.05, 0) is 18.9 Å². The summed E-state index contributed by atoms with van der Waals surface area (Å²) in [4.78, 5) is 32.9. The van der Waals surface area contributed by atoms with E-state index in [0.717, 1.165) is 74.7 Å². The highest BCUT2D eigenvalue weighted by atomic mass is 16.5. The minimum atomic E-state index is -0.0644. The highest BCUT2D eigenvalue weighted by molar-refractivity contribution is 5.97. The first-order valence-electron chi connectivity index (χ1n) is 12.5. The molecular formula is C24H32N8O3. The molecular weight excluding hydrogens is 448 g/mol. The van der Waals surface area contributed by atoms with E-state index in [0.29, 0.717) is 43.8 Å². The van der Waals surface area contributed by atoms with E-state index in [2.05, 4.69) is 19.9 Å². The fourth-order valence-corrected chi connectivity index (χ4v) is 5.31. The summed E-state index contributed by atoms with van der Waals surface area (Å²) in [6.07, 6.45) is 5.90. The number of aryl methyl sites for hydroxylation is 1. The number of piperazine rings is 1. The van der Waals surface area contributed by atoms with Gasteiger partial charge in [-0.15, -0.1) is 0 Å². The van der Waals surface area contributed by atoms with E-state index in [1.54, 1.807) is 10.9 Å². The maximum absolute atomic E-state index is 13.4. The molecule has 0 unspecified atom stereocenters. The zero-order valence-electron chi connectivity index (χ0n) is 20.1. The van der Waals surface area contributed by atoms with Gasteiger partial charge in [-0.3, -0.25) is 14.4 Å². The van der Waals surface area contributed by atoms with Crippen LogP contribution in [-0.2, 0) is 16.5 Å². The number of amides is 1. The lowest BCUT2D eigenvalue weighted by atomic mass is 10.1. The molecule has 0 bridgehead atoms. The molecule has 0 radical (unpaired) electrons. The fourth-order valence-electron chi connectivity index (χ4n) is 5.31. The Balaban J connectivity index is 1.26. The average Bonchev–Trinajstić information content (AvgIpc) is 3.55. The number of imidazole rings is 1. The first-order chi connectivity index (χ1) is 17.2. The van der Waals surface area contributed by atoms with E-state index in [1.165, 1.54) is 0 Å². The number of H-pyrrole nitrogens is 1. The zero-order valence-corrected chi connectivity index (χ0v) is 20.1. The molecule has 0 saturated carbocycles. The average molecular weight is 481 g/mol. The van der Waals surface area contributed by atoms with Crippen LogP contribution in [0.2, 0.25) is 0 Å². The lowest BCUT2D eigenvalue weighted by Gasteiger charge is -2.40. The first-order valence-corrected chi connectivity index (χ1v) is 12.5. The monoisotopic (exact) mass is 480 g/mol. The predicted molar refractivity (Wildman–Crippen MR) is 130 cm³/mol. The molecule has 186 valence electrons. The number of hydrogen-bond acceptors (Lipinski definition) is 8. The molecule has 6 heterocycles. The van der Waals surface area contributed by atoms with Crippen molar-refractivity contribution in [3.05, 3.63) is 24.3 Å². The SMILES string of the molecule is Cn1cc(-c2cc(N3CCOCC3)c3nc(C(=O)N4CCN(C5CCOCC5)CC4)[nH]c3n2)cn1. The predicted octanol–water partition coefficient (Wildman–Crippen LogP) is 1.13. The standard InChI is InChI=1S/C24H32N8O3/c1-29-16-17(15-25-29)19-14-20(31-8-12-35-13-9-31)21-22(26-19)28-23(27-21)24(33)32-6-4-30(5-7-32)18-2-10-34-11-3-18/h14-16,18H,2-13H2,1H3,(H,26,27,28). The molecule has 35 heavy (non-hydrogen) atoms. The lowest BCUT2D eigenvalue weighted by Crippen LogP contribution is -2.53. The van der Waals surface area contributed by atoms with Gasteiger partial charge in [-0.1, -0.05) is 0 Å². The Morgan fingerprint density at radius 3 is 2.46 bits per heavy atom. The summed E-state index contributed by atoms with van der Waals surface area (Å²) >= 11 is 0. The van der Waals surface area contributed by atoms with E-state index in [1.807, 2.05) is 24.2 Å². The van der Waals surface area contributed by atoms with Crippen LogP contribution >= 0.6 is 0 Å². The Bertz CT molecular complexity index is 1190. The molecule has 3 aromatic rings. The van der Waals surface area contributed by atoms with Gasteiger partial charge in [0.05, 0.1) is 30.8 Å². The molecule has 1 N–H and O–H groups in total. The second-order valence-electron chi connectivity index (χ2n) is 9.48. The summed E-state index contributed by atoms with van der Waals surface area (Å²) in [7, 11) is 1.89. The van der Waals surface area contributed by atoms with Crippen molar-refractivity contribution in [1.82, 2.24) is 34.5 Å². The van der Waals surface area contributed by atoms with Crippen LogP contribution in [0, 0.1) is 0 Å². The van der Waals surface area contributed by atoms with Crippen LogP contribution < -0.4 is 4.90 Å². The zero-order chi connectivity index (χ0) is 23.8. The Labute approximate surface area is 204 Å². The number of carbonyl (C=O) groups excluding carboxylic acids is 1. The summed E-state index contributed by atoms with van der Waals surface area (Å²) in [5.41, 5.74) is 4.05. The number of carbonyl (C=O) groups is 1. The van der Waals surface area contributed by atoms with Crippen molar-refractivity contribution in [2.24, 2.45) is 7.05 Å². The van der Waals surface area contributed by atoms with Gasteiger partial charge < -0.3 is 24.3 Å². The summed E-state index contributed by atoms with van der Waals surface area (Å²) < 4.78 is 12.8. The van der Waals surface area contributed by atoms with Gasteiger partial charge in [-0.25, -0.2) is 9.97 Å². The van der Waals surface area contributed by atoms with E-state index in [9.17, 15) is 4.79 Å². The number of fused-ring (bicyclic) bond motifs is 1. The van der Waals surface area contributed by atoms with Crippen molar-refractivity contribution in [3.63, 3.8) is 0 Å². The Hall–Kier alpha value is -3.02. The summed E-state index contributed by atoms with van der Waals surface area (Å²) in [5.74, 6) is 0.287. The number of nitrogens with zero attached hydrogens (tertiary/aromatic N) is 7. The molecule has 1 amide bonds. The molecule has 3 aromatic heterocycles. The molecule has 0 atom stereocenters.